The minimum atomic E-state index is -0.141. The van der Waals surface area contributed by atoms with Crippen molar-refractivity contribution in [2.45, 2.75) is 10.9 Å². The number of hydrogen-bond acceptors (Lipinski definition) is 8. The van der Waals surface area contributed by atoms with Gasteiger partial charge >= 0.3 is 0 Å². The summed E-state index contributed by atoms with van der Waals surface area (Å²) in [5.74, 6) is 0. The molecular weight excluding hydrogens is 388 g/mol. The molecule has 0 aromatic rings. The average Bonchev–Trinajstić information content (AvgIpc) is 2.64. The molecule has 2 atom stereocenters. The monoisotopic (exact) mass is 410 g/mol. The van der Waals surface area contributed by atoms with Crippen LogP contribution in [-0.4, -0.2) is 95.1 Å². The molecule has 0 amide bonds. The van der Waals surface area contributed by atoms with Crippen molar-refractivity contribution in [1.29, 1.82) is 0 Å². The molecular formula is C14H22N2O4S4. The Kier molecular flexibility index (Phi) is 7.85. The summed E-state index contributed by atoms with van der Waals surface area (Å²) in [4.78, 5) is 4.34. The minimum absolute atomic E-state index is 0.141. The number of thioether (sulfide) groups is 2. The first-order valence-electron chi connectivity index (χ1n) is 8.04. The van der Waals surface area contributed by atoms with Crippen LogP contribution in [0.1, 0.15) is 0 Å². The molecule has 136 valence electrons. The van der Waals surface area contributed by atoms with Crippen molar-refractivity contribution in [3.63, 3.8) is 0 Å². The molecule has 10 heteroatoms. The molecule has 0 spiro atoms. The van der Waals surface area contributed by atoms with Crippen LogP contribution in [-0.2, 0) is 18.9 Å². The Hall–Kier alpha value is 0.320. The number of rotatable bonds is 2. The van der Waals surface area contributed by atoms with Gasteiger partial charge in [0.05, 0.1) is 39.6 Å². The second-order valence-electron chi connectivity index (χ2n) is 5.44. The molecule has 0 bridgehead atoms. The van der Waals surface area contributed by atoms with Gasteiger partial charge in [0.15, 0.2) is 0 Å². The highest BCUT2D eigenvalue weighted by Crippen LogP contribution is 2.33. The van der Waals surface area contributed by atoms with E-state index in [0.717, 1.165) is 61.2 Å². The normalized spacial score (nSPS) is 28.7. The van der Waals surface area contributed by atoms with Crippen LogP contribution in [0.5, 0.6) is 0 Å². The third-order valence-electron chi connectivity index (χ3n) is 3.84. The zero-order valence-corrected chi connectivity index (χ0v) is 16.7. The van der Waals surface area contributed by atoms with E-state index in [1.807, 2.05) is 0 Å². The van der Waals surface area contributed by atoms with E-state index in [1.165, 1.54) is 0 Å². The molecule has 0 unspecified atom stereocenters. The van der Waals surface area contributed by atoms with Gasteiger partial charge in [-0.25, -0.2) is 0 Å². The van der Waals surface area contributed by atoms with E-state index in [4.69, 9.17) is 43.4 Å². The van der Waals surface area contributed by atoms with Crippen molar-refractivity contribution in [1.82, 2.24) is 9.80 Å². The zero-order chi connectivity index (χ0) is 16.8. The molecule has 3 fully saturated rings. The highest BCUT2D eigenvalue weighted by molar-refractivity contribution is 8.26. The fraction of sp³-hybridized carbons (Fsp3) is 0.857. The van der Waals surface area contributed by atoms with Crippen LogP contribution in [0.2, 0.25) is 0 Å². The van der Waals surface area contributed by atoms with E-state index >= 15 is 0 Å². The zero-order valence-electron chi connectivity index (χ0n) is 13.4. The lowest BCUT2D eigenvalue weighted by Crippen LogP contribution is -2.43. The summed E-state index contributed by atoms with van der Waals surface area (Å²) < 4.78 is 24.3. The van der Waals surface area contributed by atoms with Crippen LogP contribution in [0, 0.1) is 0 Å². The van der Waals surface area contributed by atoms with Crippen molar-refractivity contribution in [2.24, 2.45) is 0 Å². The Labute approximate surface area is 161 Å². The molecule has 0 aromatic carbocycles. The molecule has 3 saturated heterocycles. The van der Waals surface area contributed by atoms with E-state index in [9.17, 15) is 0 Å². The molecule has 3 rings (SSSR count). The lowest BCUT2D eigenvalue weighted by Gasteiger charge is -2.36. The SMILES string of the molecule is S=C(S[C@@H]1OCCO[C@H]1SC(=S)N1CCOCC1)N1CCOCC1. The maximum atomic E-state index is 5.91. The van der Waals surface area contributed by atoms with Gasteiger partial charge in [-0.3, -0.25) is 0 Å². The fourth-order valence-electron chi connectivity index (χ4n) is 2.50. The Morgan fingerprint density at radius 3 is 1.42 bits per heavy atom. The molecule has 0 radical (unpaired) electrons. The molecule has 0 N–H and O–H groups in total. The van der Waals surface area contributed by atoms with Crippen LogP contribution in [0.25, 0.3) is 0 Å². The van der Waals surface area contributed by atoms with Gasteiger partial charge in [-0.1, -0.05) is 48.0 Å². The second-order valence-corrected chi connectivity index (χ2v) is 8.91. The lowest BCUT2D eigenvalue weighted by atomic mass is 10.5. The van der Waals surface area contributed by atoms with Crippen molar-refractivity contribution in [3.05, 3.63) is 0 Å². The molecule has 0 aromatic heterocycles. The molecule has 6 nitrogen and oxygen atoms in total. The standard InChI is InChI=1S/C14H22N2O4S4/c21-13(15-1-5-17-6-2-15)23-11-12(20-10-9-19-11)24-14(22)16-3-7-18-8-4-16/h11-12H,1-10H2/t11-,12-/m0/s1. The summed E-state index contributed by atoms with van der Waals surface area (Å²) in [6.45, 7) is 7.42. The number of morpholine rings is 2. The third kappa shape index (κ3) is 5.41. The fourth-order valence-corrected chi connectivity index (χ4v) is 5.54. The highest BCUT2D eigenvalue weighted by atomic mass is 32.2. The van der Waals surface area contributed by atoms with Crippen molar-refractivity contribution < 1.29 is 18.9 Å². The molecule has 0 aliphatic carbocycles. The van der Waals surface area contributed by atoms with Gasteiger partial charge in [-0.05, 0) is 0 Å². The van der Waals surface area contributed by atoms with Gasteiger partial charge in [0.25, 0.3) is 0 Å². The maximum Gasteiger partial charge on any atom is 0.145 e. The predicted molar refractivity (Wildman–Crippen MR) is 105 cm³/mol. The van der Waals surface area contributed by atoms with Crippen LogP contribution < -0.4 is 0 Å². The van der Waals surface area contributed by atoms with Crippen molar-refractivity contribution >= 4 is 56.6 Å². The predicted octanol–water partition coefficient (Wildman–Crippen LogP) is 1.39. The highest BCUT2D eigenvalue weighted by Gasteiger charge is 2.33. The van der Waals surface area contributed by atoms with E-state index in [0.29, 0.717) is 13.2 Å². The quantitative estimate of drug-likeness (QED) is 0.624. The molecule has 3 aliphatic heterocycles. The number of ether oxygens (including phenoxy) is 4. The maximum absolute atomic E-state index is 5.91. The first kappa shape index (κ1) is 19.1. The smallest absolute Gasteiger partial charge is 0.145 e. The number of thiocarbonyl (C=S) groups is 2. The summed E-state index contributed by atoms with van der Waals surface area (Å²) >= 11 is 14.3. The van der Waals surface area contributed by atoms with Crippen molar-refractivity contribution in [2.75, 3.05) is 65.8 Å². The summed E-state index contributed by atoms with van der Waals surface area (Å²) in [6.07, 6.45) is 0. The summed E-state index contributed by atoms with van der Waals surface area (Å²) in [6, 6.07) is 0. The van der Waals surface area contributed by atoms with E-state index in [2.05, 4.69) is 9.80 Å². The van der Waals surface area contributed by atoms with Crippen LogP contribution in [0.3, 0.4) is 0 Å². The molecule has 24 heavy (non-hydrogen) atoms. The lowest BCUT2D eigenvalue weighted by molar-refractivity contribution is -0.0655. The van der Waals surface area contributed by atoms with Gasteiger partial charge in [-0.15, -0.1) is 0 Å². The summed E-state index contributed by atoms with van der Waals surface area (Å²) in [7, 11) is 0. The van der Waals surface area contributed by atoms with Crippen LogP contribution >= 0.6 is 48.0 Å². The van der Waals surface area contributed by atoms with Crippen LogP contribution in [0.15, 0.2) is 0 Å². The Morgan fingerprint density at radius 1 is 0.667 bits per heavy atom. The molecule has 3 aliphatic rings. The third-order valence-corrected chi connectivity index (χ3v) is 7.26. The Bertz CT molecular complexity index is 404. The Balaban J connectivity index is 1.52. The van der Waals surface area contributed by atoms with Gasteiger partial charge in [0.1, 0.15) is 19.5 Å². The van der Waals surface area contributed by atoms with Gasteiger partial charge in [-0.2, -0.15) is 0 Å². The van der Waals surface area contributed by atoms with Crippen LogP contribution in [0.4, 0.5) is 0 Å². The number of nitrogens with zero attached hydrogens (tertiary/aromatic N) is 2. The van der Waals surface area contributed by atoms with E-state index < -0.39 is 0 Å². The van der Waals surface area contributed by atoms with Gasteiger partial charge in [0, 0.05) is 26.2 Å². The molecule has 0 saturated carbocycles. The second kappa shape index (κ2) is 9.86. The molecule has 3 heterocycles. The topological polar surface area (TPSA) is 43.4 Å². The number of hydrogen-bond donors (Lipinski definition) is 0. The Morgan fingerprint density at radius 2 is 1.04 bits per heavy atom. The largest absolute Gasteiger partial charge is 0.378 e. The van der Waals surface area contributed by atoms with Gasteiger partial charge in [0.2, 0.25) is 0 Å². The van der Waals surface area contributed by atoms with E-state index in [-0.39, 0.29) is 10.9 Å². The summed E-state index contributed by atoms with van der Waals surface area (Å²) in [5.41, 5.74) is -0.281. The first-order valence-corrected chi connectivity index (χ1v) is 10.6. The average molecular weight is 411 g/mol. The van der Waals surface area contributed by atoms with Crippen molar-refractivity contribution in [3.8, 4) is 0 Å². The minimum Gasteiger partial charge on any atom is -0.378 e. The first-order chi connectivity index (χ1) is 11.7. The summed E-state index contributed by atoms with van der Waals surface area (Å²) in [5, 5.41) is 0. The van der Waals surface area contributed by atoms with E-state index in [1.54, 1.807) is 23.5 Å². The van der Waals surface area contributed by atoms with Gasteiger partial charge < -0.3 is 28.7 Å².